The summed E-state index contributed by atoms with van der Waals surface area (Å²) in [6.45, 7) is 2.23. The SMILES string of the molecule is CCC1CCc2nc(NC(=O)c3cccc(-n4cnnn4)c3)sc2C1. The monoisotopic (exact) mass is 354 g/mol. The summed E-state index contributed by atoms with van der Waals surface area (Å²) >= 11 is 1.60. The minimum atomic E-state index is -0.173. The molecule has 1 N–H and O–H groups in total. The molecule has 2 heterocycles. The maximum Gasteiger partial charge on any atom is 0.257 e. The second kappa shape index (κ2) is 6.72. The molecule has 1 amide bonds. The molecule has 1 atom stereocenters. The lowest BCUT2D eigenvalue weighted by Gasteiger charge is -2.18. The first kappa shape index (κ1) is 15.9. The summed E-state index contributed by atoms with van der Waals surface area (Å²) in [5.41, 5.74) is 2.43. The highest BCUT2D eigenvalue weighted by atomic mass is 32.1. The molecule has 0 saturated carbocycles. The van der Waals surface area contributed by atoms with Crippen molar-refractivity contribution in [1.82, 2.24) is 25.2 Å². The zero-order valence-corrected chi connectivity index (χ0v) is 14.7. The van der Waals surface area contributed by atoms with Crippen LogP contribution < -0.4 is 5.32 Å². The molecule has 1 unspecified atom stereocenters. The van der Waals surface area contributed by atoms with Gasteiger partial charge in [0.05, 0.1) is 11.4 Å². The Labute approximate surface area is 149 Å². The third-order valence-electron chi connectivity index (χ3n) is 4.56. The van der Waals surface area contributed by atoms with Gasteiger partial charge in [0.2, 0.25) is 0 Å². The van der Waals surface area contributed by atoms with E-state index in [2.05, 4.69) is 32.7 Å². The topological polar surface area (TPSA) is 85.6 Å². The molecule has 4 rings (SSSR count). The molecule has 1 aromatic carbocycles. The number of amides is 1. The fourth-order valence-electron chi connectivity index (χ4n) is 3.08. The van der Waals surface area contributed by atoms with Crippen LogP contribution in [0.15, 0.2) is 30.6 Å². The number of fused-ring (bicyclic) bond motifs is 1. The zero-order chi connectivity index (χ0) is 17.2. The molecule has 0 aliphatic heterocycles. The van der Waals surface area contributed by atoms with Crippen molar-refractivity contribution < 1.29 is 4.79 Å². The first-order chi connectivity index (χ1) is 12.2. The number of nitrogens with zero attached hydrogens (tertiary/aromatic N) is 5. The number of anilines is 1. The maximum atomic E-state index is 12.6. The number of carbonyl (C=O) groups is 1. The number of aryl methyl sites for hydroxylation is 1. The van der Waals surface area contributed by atoms with Crippen LogP contribution >= 0.6 is 11.3 Å². The van der Waals surface area contributed by atoms with Crippen molar-refractivity contribution in [3.05, 3.63) is 46.7 Å². The minimum absolute atomic E-state index is 0.173. The van der Waals surface area contributed by atoms with E-state index in [0.717, 1.165) is 30.1 Å². The molecule has 1 aliphatic carbocycles. The second-order valence-electron chi connectivity index (χ2n) is 6.16. The van der Waals surface area contributed by atoms with Gasteiger partial charge < -0.3 is 0 Å². The van der Waals surface area contributed by atoms with Crippen molar-refractivity contribution in [3.8, 4) is 5.69 Å². The van der Waals surface area contributed by atoms with Crippen LogP contribution in [-0.4, -0.2) is 31.1 Å². The van der Waals surface area contributed by atoms with Gasteiger partial charge in [0.15, 0.2) is 5.13 Å². The van der Waals surface area contributed by atoms with E-state index in [1.54, 1.807) is 23.5 Å². The minimum Gasteiger partial charge on any atom is -0.298 e. The lowest BCUT2D eigenvalue weighted by atomic mass is 9.89. The summed E-state index contributed by atoms with van der Waals surface area (Å²) < 4.78 is 1.52. The molecule has 0 radical (unpaired) electrons. The van der Waals surface area contributed by atoms with Crippen LogP contribution in [0.25, 0.3) is 5.69 Å². The van der Waals surface area contributed by atoms with Gasteiger partial charge >= 0.3 is 0 Å². The average Bonchev–Trinajstić information content (AvgIpc) is 3.30. The van der Waals surface area contributed by atoms with Crippen molar-refractivity contribution in [3.63, 3.8) is 0 Å². The molecule has 3 aromatic rings. The quantitative estimate of drug-likeness (QED) is 0.778. The van der Waals surface area contributed by atoms with Crippen molar-refractivity contribution in [2.24, 2.45) is 5.92 Å². The van der Waals surface area contributed by atoms with Gasteiger partial charge in [-0.2, -0.15) is 0 Å². The Bertz CT molecular complexity index is 888. The first-order valence-corrected chi connectivity index (χ1v) is 9.18. The molecule has 128 valence electrons. The Kier molecular flexibility index (Phi) is 4.27. The molecule has 0 saturated heterocycles. The third kappa shape index (κ3) is 3.30. The smallest absolute Gasteiger partial charge is 0.257 e. The standard InChI is InChI=1S/C17H18N6OS/c1-2-11-6-7-14-15(8-11)25-17(19-14)20-16(24)12-4-3-5-13(9-12)23-10-18-21-22-23/h3-5,9-11H,2,6-8H2,1H3,(H,19,20,24). The fourth-order valence-corrected chi connectivity index (χ4v) is 4.20. The summed E-state index contributed by atoms with van der Waals surface area (Å²) in [6.07, 6.45) is 5.97. The first-order valence-electron chi connectivity index (χ1n) is 8.36. The van der Waals surface area contributed by atoms with E-state index >= 15 is 0 Å². The predicted octanol–water partition coefficient (Wildman–Crippen LogP) is 2.89. The number of hydrogen-bond acceptors (Lipinski definition) is 6. The molecule has 25 heavy (non-hydrogen) atoms. The molecule has 1 aliphatic rings. The Morgan fingerprint density at radius 3 is 3.16 bits per heavy atom. The number of aromatic nitrogens is 5. The number of thiazole rings is 1. The largest absolute Gasteiger partial charge is 0.298 e. The van der Waals surface area contributed by atoms with Gasteiger partial charge in [-0.3, -0.25) is 10.1 Å². The lowest BCUT2D eigenvalue weighted by Crippen LogP contribution is -2.13. The van der Waals surface area contributed by atoms with E-state index < -0.39 is 0 Å². The van der Waals surface area contributed by atoms with Crippen LogP contribution in [-0.2, 0) is 12.8 Å². The van der Waals surface area contributed by atoms with Gasteiger partial charge in [0.25, 0.3) is 5.91 Å². The summed E-state index contributed by atoms with van der Waals surface area (Å²) in [6, 6.07) is 7.18. The number of rotatable bonds is 4. The second-order valence-corrected chi connectivity index (χ2v) is 7.25. The molecular weight excluding hydrogens is 336 g/mol. The van der Waals surface area contributed by atoms with Gasteiger partial charge in [-0.1, -0.05) is 19.4 Å². The number of carbonyl (C=O) groups excluding carboxylic acids is 1. The third-order valence-corrected chi connectivity index (χ3v) is 5.60. The molecule has 0 fully saturated rings. The normalized spacial score (nSPS) is 16.4. The average molecular weight is 354 g/mol. The van der Waals surface area contributed by atoms with Crippen LogP contribution in [0.2, 0.25) is 0 Å². The summed E-state index contributed by atoms with van der Waals surface area (Å²) in [5, 5.41) is 14.7. The summed E-state index contributed by atoms with van der Waals surface area (Å²) in [7, 11) is 0. The van der Waals surface area contributed by atoms with Gasteiger partial charge in [0, 0.05) is 10.4 Å². The van der Waals surface area contributed by atoms with Crippen molar-refractivity contribution >= 4 is 22.4 Å². The Morgan fingerprint density at radius 1 is 1.44 bits per heavy atom. The highest BCUT2D eigenvalue weighted by Crippen LogP contribution is 2.33. The van der Waals surface area contributed by atoms with Crippen molar-refractivity contribution in [1.29, 1.82) is 0 Å². The Hall–Kier alpha value is -2.61. The molecule has 0 spiro atoms. The van der Waals surface area contributed by atoms with Gasteiger partial charge in [-0.25, -0.2) is 9.67 Å². The Balaban J connectivity index is 1.51. The lowest BCUT2D eigenvalue weighted by molar-refractivity contribution is 0.102. The van der Waals surface area contributed by atoms with E-state index in [9.17, 15) is 4.79 Å². The van der Waals surface area contributed by atoms with E-state index in [0.29, 0.717) is 10.7 Å². The molecule has 8 heteroatoms. The highest BCUT2D eigenvalue weighted by molar-refractivity contribution is 7.15. The van der Waals surface area contributed by atoms with Crippen LogP contribution in [0.3, 0.4) is 0 Å². The van der Waals surface area contributed by atoms with Gasteiger partial charge in [-0.05, 0) is 53.8 Å². The highest BCUT2D eigenvalue weighted by Gasteiger charge is 2.22. The van der Waals surface area contributed by atoms with E-state index in [1.165, 1.54) is 28.7 Å². The number of hydrogen-bond donors (Lipinski definition) is 1. The van der Waals surface area contributed by atoms with E-state index in [-0.39, 0.29) is 5.91 Å². The van der Waals surface area contributed by atoms with Gasteiger partial charge in [-0.15, -0.1) is 16.4 Å². The number of benzene rings is 1. The van der Waals surface area contributed by atoms with E-state index in [4.69, 9.17) is 0 Å². The van der Waals surface area contributed by atoms with Gasteiger partial charge in [0.1, 0.15) is 6.33 Å². The predicted molar refractivity (Wildman–Crippen MR) is 95.0 cm³/mol. The number of nitrogens with one attached hydrogen (secondary N) is 1. The Morgan fingerprint density at radius 2 is 2.36 bits per heavy atom. The van der Waals surface area contributed by atoms with Crippen LogP contribution in [0.1, 0.15) is 40.7 Å². The molecule has 7 nitrogen and oxygen atoms in total. The molecule has 2 aromatic heterocycles. The molecule has 0 bridgehead atoms. The maximum absolute atomic E-state index is 12.6. The zero-order valence-electron chi connectivity index (χ0n) is 13.8. The van der Waals surface area contributed by atoms with Crippen LogP contribution in [0, 0.1) is 5.92 Å². The number of tetrazole rings is 1. The van der Waals surface area contributed by atoms with Crippen LogP contribution in [0.4, 0.5) is 5.13 Å². The van der Waals surface area contributed by atoms with Crippen molar-refractivity contribution in [2.45, 2.75) is 32.6 Å². The van der Waals surface area contributed by atoms with Crippen molar-refractivity contribution in [2.75, 3.05) is 5.32 Å². The van der Waals surface area contributed by atoms with E-state index in [1.807, 2.05) is 12.1 Å². The molecular formula is C17H18N6OS. The summed E-state index contributed by atoms with van der Waals surface area (Å²) in [5.74, 6) is 0.567. The summed E-state index contributed by atoms with van der Waals surface area (Å²) in [4.78, 5) is 18.5. The van der Waals surface area contributed by atoms with Crippen LogP contribution in [0.5, 0.6) is 0 Å². The fraction of sp³-hybridized carbons (Fsp3) is 0.353.